The maximum atomic E-state index is 12.7. The van der Waals surface area contributed by atoms with E-state index in [0.29, 0.717) is 11.5 Å². The number of nitrogens with one attached hydrogen (secondary N) is 1. The first-order chi connectivity index (χ1) is 12.6. The van der Waals surface area contributed by atoms with Crippen LogP contribution in [-0.4, -0.2) is 31.3 Å². The van der Waals surface area contributed by atoms with Gasteiger partial charge < -0.3 is 14.5 Å². The molecule has 0 saturated carbocycles. The highest BCUT2D eigenvalue weighted by molar-refractivity contribution is 5.94. The van der Waals surface area contributed by atoms with Gasteiger partial charge in [-0.2, -0.15) is 0 Å². The fourth-order valence-electron chi connectivity index (χ4n) is 3.48. The minimum absolute atomic E-state index is 0.0355. The molecule has 1 unspecified atom stereocenters. The van der Waals surface area contributed by atoms with Crippen molar-refractivity contribution in [3.63, 3.8) is 0 Å². The van der Waals surface area contributed by atoms with E-state index in [-0.39, 0.29) is 11.9 Å². The number of hydrogen-bond donors (Lipinski definition) is 1. The number of hydrogen-bond acceptors (Lipinski definition) is 3. The molecule has 0 spiro atoms. The van der Waals surface area contributed by atoms with Crippen LogP contribution in [0.2, 0.25) is 0 Å². The number of rotatable bonds is 4. The van der Waals surface area contributed by atoms with Crippen molar-refractivity contribution in [3.05, 3.63) is 66.0 Å². The first-order valence-electron chi connectivity index (χ1n) is 9.08. The molecule has 2 aromatic heterocycles. The first-order valence-corrected chi connectivity index (χ1v) is 9.08. The number of aromatic nitrogens is 4. The number of nitrogens with zero attached hydrogens (tertiary/aromatic N) is 4. The Morgan fingerprint density at radius 3 is 2.77 bits per heavy atom. The maximum Gasteiger partial charge on any atom is 0.251 e. The van der Waals surface area contributed by atoms with E-state index in [4.69, 9.17) is 0 Å². The van der Waals surface area contributed by atoms with Crippen LogP contribution in [0.25, 0.3) is 5.69 Å². The number of benzene rings is 1. The quantitative estimate of drug-likeness (QED) is 0.788. The van der Waals surface area contributed by atoms with Gasteiger partial charge in [0.15, 0.2) is 0 Å². The van der Waals surface area contributed by atoms with Crippen LogP contribution in [0.3, 0.4) is 0 Å². The minimum Gasteiger partial charge on any atom is -0.347 e. The van der Waals surface area contributed by atoms with Crippen molar-refractivity contribution >= 4 is 5.91 Å². The van der Waals surface area contributed by atoms with Gasteiger partial charge in [-0.3, -0.25) is 4.79 Å². The summed E-state index contributed by atoms with van der Waals surface area (Å²) in [4.78, 5) is 12.7. The van der Waals surface area contributed by atoms with Crippen LogP contribution in [0.5, 0.6) is 0 Å². The molecule has 3 aromatic rings. The number of carbonyl (C=O) groups excluding carboxylic acids is 1. The van der Waals surface area contributed by atoms with Crippen LogP contribution in [-0.2, 0) is 13.0 Å². The van der Waals surface area contributed by atoms with Crippen LogP contribution in [0, 0.1) is 0 Å². The molecule has 1 N–H and O–H groups in total. The molecule has 0 radical (unpaired) electrons. The summed E-state index contributed by atoms with van der Waals surface area (Å²) in [6.45, 7) is 4.97. The molecule has 6 nitrogen and oxygen atoms in total. The van der Waals surface area contributed by atoms with Crippen molar-refractivity contribution in [1.29, 1.82) is 0 Å². The van der Waals surface area contributed by atoms with Gasteiger partial charge in [0.05, 0.1) is 0 Å². The van der Waals surface area contributed by atoms with Gasteiger partial charge in [-0.05, 0) is 36.8 Å². The van der Waals surface area contributed by atoms with Crippen molar-refractivity contribution in [2.75, 3.05) is 0 Å². The summed E-state index contributed by atoms with van der Waals surface area (Å²) < 4.78 is 4.16. The van der Waals surface area contributed by atoms with Crippen molar-refractivity contribution in [3.8, 4) is 5.69 Å². The lowest BCUT2D eigenvalue weighted by molar-refractivity contribution is 0.0927. The van der Waals surface area contributed by atoms with Gasteiger partial charge in [0.1, 0.15) is 11.6 Å². The second-order valence-electron chi connectivity index (χ2n) is 7.09. The molecular formula is C20H23N5O. The molecule has 0 bridgehead atoms. The first kappa shape index (κ1) is 16.6. The Bertz CT molecular complexity index is 910. The van der Waals surface area contributed by atoms with Gasteiger partial charge >= 0.3 is 0 Å². The van der Waals surface area contributed by atoms with E-state index in [1.165, 1.54) is 0 Å². The molecule has 1 aromatic carbocycles. The lowest BCUT2D eigenvalue weighted by Crippen LogP contribution is -2.41. The molecule has 134 valence electrons. The smallest absolute Gasteiger partial charge is 0.251 e. The van der Waals surface area contributed by atoms with Gasteiger partial charge in [0.25, 0.3) is 5.91 Å². The highest BCUT2D eigenvalue weighted by atomic mass is 16.1. The lowest BCUT2D eigenvalue weighted by atomic mass is 10.1. The number of carbonyl (C=O) groups is 1. The fourth-order valence-corrected chi connectivity index (χ4v) is 3.48. The third-order valence-corrected chi connectivity index (χ3v) is 4.84. The predicted octanol–water partition coefficient (Wildman–Crippen LogP) is 2.94. The average molecular weight is 349 g/mol. The Morgan fingerprint density at radius 2 is 2.00 bits per heavy atom. The molecule has 0 aliphatic carbocycles. The molecule has 0 fully saturated rings. The van der Waals surface area contributed by atoms with E-state index >= 15 is 0 Å². The van der Waals surface area contributed by atoms with Crippen LogP contribution < -0.4 is 5.32 Å². The van der Waals surface area contributed by atoms with Crippen molar-refractivity contribution in [2.24, 2.45) is 0 Å². The van der Waals surface area contributed by atoms with Crippen LogP contribution in [0.15, 0.2) is 48.8 Å². The molecule has 1 atom stereocenters. The standard InChI is InChI=1S/C20H23N5O/c1-14(2)19-23-22-18-9-8-16(13-25(18)19)21-20(26)15-6-5-7-17(12-15)24-10-3-4-11-24/h3-7,10-12,14,16H,8-9,13H2,1-2H3,(H,21,26). The summed E-state index contributed by atoms with van der Waals surface area (Å²) >= 11 is 0. The number of aryl methyl sites for hydroxylation is 1. The molecule has 3 heterocycles. The summed E-state index contributed by atoms with van der Waals surface area (Å²) in [6, 6.07) is 11.7. The van der Waals surface area contributed by atoms with E-state index in [0.717, 1.165) is 36.7 Å². The molecule has 0 saturated heterocycles. The topological polar surface area (TPSA) is 64.7 Å². The number of amides is 1. The zero-order chi connectivity index (χ0) is 18.1. The Kier molecular flexibility index (Phi) is 4.32. The summed E-state index contributed by atoms with van der Waals surface area (Å²) in [5.41, 5.74) is 1.66. The second kappa shape index (κ2) is 6.78. The zero-order valence-electron chi connectivity index (χ0n) is 15.1. The predicted molar refractivity (Wildman–Crippen MR) is 99.5 cm³/mol. The zero-order valence-corrected chi connectivity index (χ0v) is 15.1. The van der Waals surface area contributed by atoms with Gasteiger partial charge in [-0.25, -0.2) is 0 Å². The molecule has 1 aliphatic rings. The lowest BCUT2D eigenvalue weighted by Gasteiger charge is -2.26. The Balaban J connectivity index is 1.49. The van der Waals surface area contributed by atoms with Crippen LogP contribution in [0.1, 0.15) is 48.2 Å². The van der Waals surface area contributed by atoms with E-state index in [9.17, 15) is 4.79 Å². The molecular weight excluding hydrogens is 326 g/mol. The molecule has 1 amide bonds. The van der Waals surface area contributed by atoms with Crippen molar-refractivity contribution < 1.29 is 4.79 Å². The molecule has 4 rings (SSSR count). The summed E-state index contributed by atoms with van der Waals surface area (Å²) in [6.07, 6.45) is 5.67. The molecule has 6 heteroatoms. The Labute approximate surface area is 152 Å². The summed E-state index contributed by atoms with van der Waals surface area (Å²) in [7, 11) is 0. The Hall–Kier alpha value is -2.89. The maximum absolute atomic E-state index is 12.7. The van der Waals surface area contributed by atoms with Crippen LogP contribution in [0.4, 0.5) is 0 Å². The van der Waals surface area contributed by atoms with E-state index < -0.39 is 0 Å². The minimum atomic E-state index is -0.0355. The highest BCUT2D eigenvalue weighted by Gasteiger charge is 2.25. The van der Waals surface area contributed by atoms with Gasteiger partial charge in [0.2, 0.25) is 0 Å². The van der Waals surface area contributed by atoms with Crippen molar-refractivity contribution in [2.45, 2.75) is 45.2 Å². The van der Waals surface area contributed by atoms with Crippen LogP contribution >= 0.6 is 0 Å². The van der Waals surface area contributed by atoms with E-state index in [1.54, 1.807) is 0 Å². The van der Waals surface area contributed by atoms with E-state index in [2.05, 4.69) is 33.9 Å². The van der Waals surface area contributed by atoms with Gasteiger partial charge in [0, 0.05) is 48.6 Å². The monoisotopic (exact) mass is 349 g/mol. The molecule has 26 heavy (non-hydrogen) atoms. The third kappa shape index (κ3) is 3.14. The SMILES string of the molecule is CC(C)c1nnc2n1CC(NC(=O)c1cccc(-n3cccc3)c1)CC2. The van der Waals surface area contributed by atoms with Gasteiger partial charge in [-0.15, -0.1) is 10.2 Å². The summed E-state index contributed by atoms with van der Waals surface area (Å²) in [5.74, 6) is 2.30. The van der Waals surface area contributed by atoms with Gasteiger partial charge in [-0.1, -0.05) is 19.9 Å². The average Bonchev–Trinajstić information content (AvgIpc) is 3.31. The normalized spacial score (nSPS) is 16.5. The van der Waals surface area contributed by atoms with E-state index in [1.807, 2.05) is 53.4 Å². The Morgan fingerprint density at radius 1 is 1.19 bits per heavy atom. The number of fused-ring (bicyclic) bond motifs is 1. The largest absolute Gasteiger partial charge is 0.347 e. The molecule has 1 aliphatic heterocycles. The van der Waals surface area contributed by atoms with Crippen molar-refractivity contribution in [1.82, 2.24) is 24.6 Å². The summed E-state index contributed by atoms with van der Waals surface area (Å²) in [5, 5.41) is 11.8. The third-order valence-electron chi connectivity index (χ3n) is 4.84. The highest BCUT2D eigenvalue weighted by Crippen LogP contribution is 2.20. The second-order valence-corrected chi connectivity index (χ2v) is 7.09. The fraction of sp³-hybridized carbons (Fsp3) is 0.350.